The Balaban J connectivity index is 2.30. The number of likely N-dealkylation sites (N-methyl/N-ethyl adjacent to an activating group) is 1. The molecule has 0 spiro atoms. The predicted octanol–water partition coefficient (Wildman–Crippen LogP) is 0.800. The van der Waals surface area contributed by atoms with E-state index in [9.17, 15) is 8.42 Å². The molecule has 2 rings (SSSR count). The minimum absolute atomic E-state index is 0.251. The number of hydrogen-bond acceptors (Lipinski definition) is 4. The van der Waals surface area contributed by atoms with Crippen LogP contribution in [0, 0.1) is 13.8 Å². The van der Waals surface area contributed by atoms with Gasteiger partial charge in [0.25, 0.3) is 0 Å². The summed E-state index contributed by atoms with van der Waals surface area (Å²) < 4.78 is 28.9. The summed E-state index contributed by atoms with van der Waals surface area (Å²) in [5.41, 5.74) is 1.28. The molecule has 1 aromatic rings. The maximum atomic E-state index is 12.8. The van der Waals surface area contributed by atoms with Crippen molar-refractivity contribution in [2.75, 3.05) is 19.6 Å². The van der Waals surface area contributed by atoms with Crippen LogP contribution in [0.4, 0.5) is 0 Å². The lowest BCUT2D eigenvalue weighted by molar-refractivity contribution is 0.286. The van der Waals surface area contributed by atoms with Gasteiger partial charge in [-0.15, -0.1) is 0 Å². The zero-order valence-corrected chi connectivity index (χ0v) is 13.5. The lowest BCUT2D eigenvalue weighted by Gasteiger charge is -2.32. The van der Waals surface area contributed by atoms with E-state index >= 15 is 0 Å². The molecule has 0 radical (unpaired) electrons. The number of aromatic nitrogens is 2. The van der Waals surface area contributed by atoms with Crippen LogP contribution in [-0.4, -0.2) is 48.2 Å². The fourth-order valence-corrected chi connectivity index (χ4v) is 4.80. The van der Waals surface area contributed by atoms with Gasteiger partial charge in [0.15, 0.2) is 0 Å². The third-order valence-corrected chi connectivity index (χ3v) is 6.04. The highest BCUT2D eigenvalue weighted by molar-refractivity contribution is 7.89. The van der Waals surface area contributed by atoms with Crippen LogP contribution in [0.2, 0.25) is 0 Å². The van der Waals surface area contributed by atoms with Gasteiger partial charge in [0.1, 0.15) is 4.90 Å². The van der Waals surface area contributed by atoms with Crippen LogP contribution in [0.1, 0.15) is 31.2 Å². The van der Waals surface area contributed by atoms with Gasteiger partial charge >= 0.3 is 0 Å². The molecule has 6 nitrogen and oxygen atoms in total. The molecule has 7 heteroatoms. The second kappa shape index (κ2) is 5.83. The minimum Gasteiger partial charge on any atom is -0.313 e. The highest BCUT2D eigenvalue weighted by Gasteiger charge is 2.33. The smallest absolute Gasteiger partial charge is 0.246 e. The Morgan fingerprint density at radius 3 is 2.65 bits per heavy atom. The van der Waals surface area contributed by atoms with E-state index in [1.165, 1.54) is 0 Å². The molecule has 1 atom stereocenters. The van der Waals surface area contributed by atoms with Gasteiger partial charge in [0.2, 0.25) is 10.0 Å². The van der Waals surface area contributed by atoms with E-state index in [2.05, 4.69) is 10.4 Å². The van der Waals surface area contributed by atoms with Gasteiger partial charge in [-0.2, -0.15) is 9.40 Å². The molecule has 1 aromatic heterocycles. The van der Waals surface area contributed by atoms with E-state index < -0.39 is 10.0 Å². The number of rotatable bonds is 4. The van der Waals surface area contributed by atoms with Gasteiger partial charge in [-0.25, -0.2) is 8.42 Å². The second-order valence-corrected chi connectivity index (χ2v) is 7.26. The van der Waals surface area contributed by atoms with Gasteiger partial charge in [0.05, 0.1) is 11.4 Å². The van der Waals surface area contributed by atoms with E-state index in [-0.39, 0.29) is 6.04 Å². The summed E-state index contributed by atoms with van der Waals surface area (Å²) in [7, 11) is -1.67. The molecule has 20 heavy (non-hydrogen) atoms. The topological polar surface area (TPSA) is 67.2 Å². The molecule has 1 unspecified atom stereocenters. The summed E-state index contributed by atoms with van der Waals surface area (Å²) in [4.78, 5) is 0.372. The van der Waals surface area contributed by atoms with Crippen LogP contribution in [0.3, 0.4) is 0 Å². The maximum Gasteiger partial charge on any atom is 0.246 e. The fraction of sp³-hybridized carbons (Fsp3) is 0.769. The normalized spacial score (nSPS) is 21.3. The van der Waals surface area contributed by atoms with Crippen LogP contribution in [0.5, 0.6) is 0 Å². The summed E-state index contributed by atoms with van der Waals surface area (Å²) in [6.45, 7) is 7.61. The fourth-order valence-electron chi connectivity index (χ4n) is 2.87. The molecular formula is C13H24N4O2S. The standard InChI is InChI=1S/C13H24N4O2S/c1-5-14-12-7-6-8-17(9-12)20(18,19)13-10(2)15-16(4)11(13)3/h12,14H,5-9H2,1-4H3. The van der Waals surface area contributed by atoms with Gasteiger partial charge in [0, 0.05) is 26.2 Å². The number of piperidine rings is 1. The van der Waals surface area contributed by atoms with Crippen molar-refractivity contribution in [2.24, 2.45) is 7.05 Å². The Hall–Kier alpha value is -0.920. The minimum atomic E-state index is -3.44. The average Bonchev–Trinajstić information content (AvgIpc) is 2.64. The van der Waals surface area contributed by atoms with Crippen molar-refractivity contribution in [3.8, 4) is 0 Å². The lowest BCUT2D eigenvalue weighted by atomic mass is 10.1. The lowest BCUT2D eigenvalue weighted by Crippen LogP contribution is -2.48. The average molecular weight is 300 g/mol. The second-order valence-electron chi connectivity index (χ2n) is 5.38. The molecule has 0 aromatic carbocycles. The quantitative estimate of drug-likeness (QED) is 0.893. The van der Waals surface area contributed by atoms with Gasteiger partial charge in [-0.1, -0.05) is 6.92 Å². The summed E-state index contributed by atoms with van der Waals surface area (Å²) in [6.07, 6.45) is 1.93. The van der Waals surface area contributed by atoms with Crippen molar-refractivity contribution < 1.29 is 8.42 Å². The predicted molar refractivity (Wildman–Crippen MR) is 78.1 cm³/mol. The molecule has 1 fully saturated rings. The van der Waals surface area contributed by atoms with Crippen molar-refractivity contribution in [3.63, 3.8) is 0 Å². The molecule has 0 saturated carbocycles. The summed E-state index contributed by atoms with van der Waals surface area (Å²) in [5, 5.41) is 7.57. The Morgan fingerprint density at radius 2 is 2.10 bits per heavy atom. The third kappa shape index (κ3) is 2.75. The monoisotopic (exact) mass is 300 g/mol. The van der Waals surface area contributed by atoms with Crippen LogP contribution in [0.25, 0.3) is 0 Å². The summed E-state index contributed by atoms with van der Waals surface area (Å²) >= 11 is 0. The largest absolute Gasteiger partial charge is 0.313 e. The first-order valence-corrected chi connectivity index (χ1v) is 8.55. The van der Waals surface area contributed by atoms with Gasteiger partial charge in [-0.05, 0) is 33.2 Å². The Morgan fingerprint density at radius 1 is 1.40 bits per heavy atom. The van der Waals surface area contributed by atoms with E-state index in [0.717, 1.165) is 19.4 Å². The third-order valence-electron chi connectivity index (χ3n) is 3.92. The van der Waals surface area contributed by atoms with E-state index in [1.54, 1.807) is 29.9 Å². The maximum absolute atomic E-state index is 12.8. The highest BCUT2D eigenvalue weighted by atomic mass is 32.2. The first-order valence-electron chi connectivity index (χ1n) is 7.11. The number of hydrogen-bond donors (Lipinski definition) is 1. The highest BCUT2D eigenvalue weighted by Crippen LogP contribution is 2.25. The summed E-state index contributed by atoms with van der Waals surface area (Å²) in [5.74, 6) is 0. The molecule has 114 valence electrons. The van der Waals surface area contributed by atoms with Crippen molar-refractivity contribution >= 4 is 10.0 Å². The van der Waals surface area contributed by atoms with Crippen LogP contribution in [-0.2, 0) is 17.1 Å². The van der Waals surface area contributed by atoms with Gasteiger partial charge < -0.3 is 5.32 Å². The van der Waals surface area contributed by atoms with Crippen molar-refractivity contribution in [1.82, 2.24) is 19.4 Å². The van der Waals surface area contributed by atoms with Crippen molar-refractivity contribution in [1.29, 1.82) is 0 Å². The molecule has 0 bridgehead atoms. The molecule has 1 aliphatic heterocycles. The molecule has 1 N–H and O–H groups in total. The first-order chi connectivity index (χ1) is 9.37. The number of sulfonamides is 1. The van der Waals surface area contributed by atoms with E-state index in [1.807, 2.05) is 6.92 Å². The number of nitrogens with one attached hydrogen (secondary N) is 1. The first kappa shape index (κ1) is 15.5. The molecule has 1 aliphatic rings. The zero-order valence-electron chi connectivity index (χ0n) is 12.7. The van der Waals surface area contributed by atoms with Crippen LogP contribution < -0.4 is 5.32 Å². The van der Waals surface area contributed by atoms with E-state index in [0.29, 0.717) is 29.4 Å². The Bertz CT molecular complexity index is 577. The van der Waals surface area contributed by atoms with Crippen LogP contribution in [0.15, 0.2) is 4.90 Å². The number of aryl methyl sites for hydroxylation is 2. The Kier molecular flexibility index (Phi) is 4.51. The molecule has 0 aliphatic carbocycles. The van der Waals surface area contributed by atoms with Crippen LogP contribution >= 0.6 is 0 Å². The molecular weight excluding hydrogens is 276 g/mol. The zero-order chi connectivity index (χ0) is 14.9. The molecule has 1 saturated heterocycles. The van der Waals surface area contributed by atoms with E-state index in [4.69, 9.17) is 0 Å². The van der Waals surface area contributed by atoms with Crippen molar-refractivity contribution in [2.45, 2.75) is 44.6 Å². The molecule has 2 heterocycles. The Labute approximate surface area is 121 Å². The summed E-state index contributed by atoms with van der Waals surface area (Å²) in [6, 6.07) is 0.251. The van der Waals surface area contributed by atoms with Crippen molar-refractivity contribution in [3.05, 3.63) is 11.4 Å². The molecule has 0 amide bonds. The van der Waals surface area contributed by atoms with Gasteiger partial charge in [-0.3, -0.25) is 4.68 Å². The SMILES string of the molecule is CCNC1CCCN(S(=O)(=O)c2c(C)nn(C)c2C)C1. The number of nitrogens with zero attached hydrogens (tertiary/aromatic N) is 3.